The Morgan fingerprint density at radius 1 is 1.43 bits per heavy atom. The molecule has 1 aromatic rings. The molecular formula is C10H8Cl2O2. The van der Waals surface area contributed by atoms with Crippen molar-refractivity contribution in [2.24, 2.45) is 0 Å². The minimum absolute atomic E-state index is 0.0720. The molecule has 0 amide bonds. The van der Waals surface area contributed by atoms with E-state index in [0.29, 0.717) is 22.4 Å². The van der Waals surface area contributed by atoms with E-state index in [1.165, 1.54) is 18.2 Å². The number of hydrogen-bond acceptors (Lipinski definition) is 2. The Hall–Kier alpha value is -0.990. The average Bonchev–Trinajstić information content (AvgIpc) is 2.13. The van der Waals surface area contributed by atoms with Crippen LogP contribution in [0.3, 0.4) is 0 Å². The van der Waals surface area contributed by atoms with E-state index in [1.54, 1.807) is 6.92 Å². The number of hydrogen-bond donors (Lipinski definition) is 1. The van der Waals surface area contributed by atoms with Crippen LogP contribution in [0, 0.1) is 0 Å². The van der Waals surface area contributed by atoms with Crippen LogP contribution in [0.4, 0.5) is 0 Å². The Morgan fingerprint density at radius 2 is 2.07 bits per heavy atom. The van der Waals surface area contributed by atoms with Crippen LogP contribution in [0.25, 0.3) is 6.08 Å². The van der Waals surface area contributed by atoms with Crippen LogP contribution < -0.4 is 0 Å². The van der Waals surface area contributed by atoms with Crippen LogP contribution in [0.1, 0.15) is 12.5 Å². The van der Waals surface area contributed by atoms with Gasteiger partial charge in [0.25, 0.3) is 0 Å². The molecule has 2 nitrogen and oxygen atoms in total. The Labute approximate surface area is 91.8 Å². The summed E-state index contributed by atoms with van der Waals surface area (Å²) < 4.78 is 0. The lowest BCUT2D eigenvalue weighted by molar-refractivity contribution is -0.104. The lowest BCUT2D eigenvalue weighted by atomic mass is 10.1. The summed E-state index contributed by atoms with van der Waals surface area (Å²) in [5.74, 6) is -0.0720. The first-order valence-corrected chi connectivity index (χ1v) is 4.61. The summed E-state index contributed by atoms with van der Waals surface area (Å²) in [5.41, 5.74) is 0.922. The Kier molecular flexibility index (Phi) is 3.55. The molecule has 1 aromatic carbocycles. The number of carbonyl (C=O) groups excluding carboxylic acids is 1. The van der Waals surface area contributed by atoms with Crippen LogP contribution >= 0.6 is 23.2 Å². The third kappa shape index (κ3) is 2.50. The topological polar surface area (TPSA) is 37.3 Å². The normalized spacial score (nSPS) is 11.5. The highest BCUT2D eigenvalue weighted by Gasteiger charge is 2.05. The third-order valence-corrected chi connectivity index (χ3v) is 2.13. The minimum Gasteiger partial charge on any atom is -0.506 e. The van der Waals surface area contributed by atoms with Gasteiger partial charge in [0.2, 0.25) is 0 Å². The molecule has 0 radical (unpaired) electrons. The van der Waals surface area contributed by atoms with Gasteiger partial charge in [-0.2, -0.15) is 0 Å². The Morgan fingerprint density at radius 3 is 2.64 bits per heavy atom. The summed E-state index contributed by atoms with van der Waals surface area (Å²) in [6, 6.07) is 2.97. The molecule has 0 aliphatic heterocycles. The summed E-state index contributed by atoms with van der Waals surface area (Å²) in [7, 11) is 0. The predicted octanol–water partition coefficient (Wildman–Crippen LogP) is 3.30. The smallest absolute Gasteiger partial charge is 0.145 e. The molecular weight excluding hydrogens is 223 g/mol. The highest BCUT2D eigenvalue weighted by molar-refractivity contribution is 6.35. The van der Waals surface area contributed by atoms with Gasteiger partial charge in [-0.05, 0) is 30.7 Å². The summed E-state index contributed by atoms with van der Waals surface area (Å²) in [4.78, 5) is 10.4. The molecule has 4 heteroatoms. The number of aromatic hydroxyl groups is 1. The second-order valence-electron chi connectivity index (χ2n) is 2.83. The fourth-order valence-electron chi connectivity index (χ4n) is 0.975. The number of aldehydes is 1. The quantitative estimate of drug-likeness (QED) is 0.626. The molecule has 1 rings (SSSR count). The van der Waals surface area contributed by atoms with Crippen molar-refractivity contribution in [3.63, 3.8) is 0 Å². The van der Waals surface area contributed by atoms with Crippen LogP contribution in [0.15, 0.2) is 17.7 Å². The maximum Gasteiger partial charge on any atom is 0.145 e. The second kappa shape index (κ2) is 4.49. The molecule has 0 atom stereocenters. The Balaban J connectivity index is 3.27. The monoisotopic (exact) mass is 230 g/mol. The van der Waals surface area contributed by atoms with Gasteiger partial charge in [-0.25, -0.2) is 0 Å². The van der Waals surface area contributed by atoms with Gasteiger partial charge in [-0.15, -0.1) is 0 Å². The number of carbonyl (C=O) groups is 1. The molecule has 14 heavy (non-hydrogen) atoms. The van der Waals surface area contributed by atoms with Gasteiger partial charge in [0.15, 0.2) is 0 Å². The molecule has 0 bridgehead atoms. The van der Waals surface area contributed by atoms with E-state index in [-0.39, 0.29) is 10.8 Å². The SMILES string of the molecule is C/C(C=O)=C/c1cc(Cl)cc(Cl)c1O. The van der Waals surface area contributed by atoms with Crippen molar-refractivity contribution in [3.05, 3.63) is 33.3 Å². The van der Waals surface area contributed by atoms with Crippen LogP contribution in [0.5, 0.6) is 5.75 Å². The molecule has 74 valence electrons. The molecule has 0 saturated heterocycles. The first kappa shape index (κ1) is 11.1. The highest BCUT2D eigenvalue weighted by Crippen LogP contribution is 2.32. The van der Waals surface area contributed by atoms with E-state index in [1.807, 2.05) is 0 Å². The molecule has 0 aliphatic rings. The summed E-state index contributed by atoms with van der Waals surface area (Å²) in [5, 5.41) is 10.1. The number of phenolic OH excluding ortho intramolecular Hbond substituents is 1. The van der Waals surface area contributed by atoms with Gasteiger partial charge in [-0.1, -0.05) is 23.2 Å². The summed E-state index contributed by atoms with van der Waals surface area (Å²) in [6.07, 6.45) is 2.20. The molecule has 0 unspecified atom stereocenters. The molecule has 0 spiro atoms. The summed E-state index contributed by atoms with van der Waals surface area (Å²) in [6.45, 7) is 1.63. The van der Waals surface area contributed by atoms with Crippen molar-refractivity contribution in [1.29, 1.82) is 0 Å². The zero-order valence-corrected chi connectivity index (χ0v) is 8.93. The van der Waals surface area contributed by atoms with Crippen molar-refractivity contribution < 1.29 is 9.90 Å². The van der Waals surface area contributed by atoms with Crippen molar-refractivity contribution in [1.82, 2.24) is 0 Å². The maximum absolute atomic E-state index is 10.4. The highest BCUT2D eigenvalue weighted by atomic mass is 35.5. The van der Waals surface area contributed by atoms with Gasteiger partial charge < -0.3 is 5.11 Å². The molecule has 0 aromatic heterocycles. The zero-order valence-electron chi connectivity index (χ0n) is 7.42. The standard InChI is InChI=1S/C10H8Cl2O2/c1-6(5-13)2-7-3-8(11)4-9(12)10(7)14/h2-5,14H,1H3/b6-2-. The molecule has 0 heterocycles. The van der Waals surface area contributed by atoms with Crippen molar-refractivity contribution >= 4 is 35.6 Å². The Bertz CT molecular complexity index is 397. The molecule has 0 saturated carbocycles. The predicted molar refractivity (Wildman–Crippen MR) is 57.8 cm³/mol. The van der Waals surface area contributed by atoms with E-state index in [4.69, 9.17) is 23.2 Å². The summed E-state index contributed by atoms with van der Waals surface area (Å²) >= 11 is 11.4. The molecule has 0 fully saturated rings. The van der Waals surface area contributed by atoms with Gasteiger partial charge in [0, 0.05) is 10.6 Å². The van der Waals surface area contributed by atoms with Crippen molar-refractivity contribution in [3.8, 4) is 5.75 Å². The lowest BCUT2D eigenvalue weighted by Crippen LogP contribution is -1.81. The van der Waals surface area contributed by atoms with Crippen molar-refractivity contribution in [2.75, 3.05) is 0 Å². The van der Waals surface area contributed by atoms with E-state index < -0.39 is 0 Å². The fraction of sp³-hybridized carbons (Fsp3) is 0.100. The van der Waals surface area contributed by atoms with E-state index in [0.717, 1.165) is 0 Å². The average molecular weight is 231 g/mol. The first-order chi connectivity index (χ1) is 6.54. The van der Waals surface area contributed by atoms with Crippen LogP contribution in [-0.2, 0) is 4.79 Å². The van der Waals surface area contributed by atoms with Gasteiger partial charge in [0.05, 0.1) is 5.02 Å². The fourth-order valence-corrected chi connectivity index (χ4v) is 1.48. The number of rotatable bonds is 2. The molecule has 1 N–H and O–H groups in total. The van der Waals surface area contributed by atoms with Gasteiger partial charge in [-0.3, -0.25) is 4.79 Å². The zero-order chi connectivity index (χ0) is 10.7. The van der Waals surface area contributed by atoms with Crippen molar-refractivity contribution in [2.45, 2.75) is 6.92 Å². The minimum atomic E-state index is -0.0720. The van der Waals surface area contributed by atoms with Crippen LogP contribution in [0.2, 0.25) is 10.0 Å². The number of halogens is 2. The third-order valence-electron chi connectivity index (χ3n) is 1.63. The number of benzene rings is 1. The van der Waals surface area contributed by atoms with E-state index >= 15 is 0 Å². The van der Waals surface area contributed by atoms with E-state index in [9.17, 15) is 9.90 Å². The lowest BCUT2D eigenvalue weighted by Gasteiger charge is -2.02. The number of phenols is 1. The molecule has 0 aliphatic carbocycles. The second-order valence-corrected chi connectivity index (χ2v) is 3.68. The largest absolute Gasteiger partial charge is 0.506 e. The maximum atomic E-state index is 10.4. The van der Waals surface area contributed by atoms with Gasteiger partial charge >= 0.3 is 0 Å². The number of allylic oxidation sites excluding steroid dienone is 1. The van der Waals surface area contributed by atoms with Crippen LogP contribution in [-0.4, -0.2) is 11.4 Å². The first-order valence-electron chi connectivity index (χ1n) is 3.86. The van der Waals surface area contributed by atoms with E-state index in [2.05, 4.69) is 0 Å². The van der Waals surface area contributed by atoms with Gasteiger partial charge in [0.1, 0.15) is 12.0 Å².